The van der Waals surface area contributed by atoms with Crippen molar-refractivity contribution in [1.82, 2.24) is 10.3 Å². The Bertz CT molecular complexity index is 1260. The van der Waals surface area contributed by atoms with Crippen LogP contribution in [0.3, 0.4) is 0 Å². The molecule has 174 valence electrons. The molecule has 4 rings (SSSR count). The molecule has 1 aromatic heterocycles. The van der Waals surface area contributed by atoms with E-state index in [-0.39, 0.29) is 0 Å². The topological polar surface area (TPSA) is 52.6 Å². The number of hydrogen-bond acceptors (Lipinski definition) is 5. The Balaban J connectivity index is 1.58. The standard InChI is InChI=1S/C29H33N5/c1-6-29-20(2)14-27(33-26-11-13-31-22(4)16-26)17-23(29)19-34(5)28-9-7-8-24(18-28)32-25-10-12-30-21(3)15-25/h6-10,12,14-18,31H,1,11,13,19H2,2-5H3,(H,30,32). The number of aromatic nitrogens is 1. The number of nitrogens with zero attached hydrogens (tertiary/aromatic N) is 3. The molecule has 34 heavy (non-hydrogen) atoms. The molecule has 0 unspecified atom stereocenters. The summed E-state index contributed by atoms with van der Waals surface area (Å²) in [6, 6.07) is 16.8. The summed E-state index contributed by atoms with van der Waals surface area (Å²) in [6.45, 7) is 12.0. The molecule has 3 aromatic rings. The van der Waals surface area contributed by atoms with Crippen LogP contribution < -0.4 is 15.5 Å². The number of hydrogen-bond donors (Lipinski definition) is 2. The molecule has 0 atom stereocenters. The molecule has 1 aliphatic heterocycles. The third-order valence-electron chi connectivity index (χ3n) is 5.98. The Kier molecular flexibility index (Phi) is 7.12. The number of pyridine rings is 1. The first-order chi connectivity index (χ1) is 16.4. The van der Waals surface area contributed by atoms with Crippen LogP contribution in [0.25, 0.3) is 6.08 Å². The summed E-state index contributed by atoms with van der Waals surface area (Å²) >= 11 is 0. The van der Waals surface area contributed by atoms with E-state index in [1.807, 2.05) is 31.3 Å². The second-order valence-corrected chi connectivity index (χ2v) is 8.86. The molecule has 0 radical (unpaired) electrons. The van der Waals surface area contributed by atoms with Gasteiger partial charge in [-0.25, -0.2) is 0 Å². The number of benzene rings is 2. The fourth-order valence-corrected chi connectivity index (χ4v) is 4.31. The third-order valence-corrected chi connectivity index (χ3v) is 5.98. The summed E-state index contributed by atoms with van der Waals surface area (Å²) in [7, 11) is 2.12. The van der Waals surface area contributed by atoms with Crippen molar-refractivity contribution < 1.29 is 0 Å². The number of aliphatic imine (C=N–C) groups is 1. The van der Waals surface area contributed by atoms with Crippen LogP contribution in [0, 0.1) is 13.8 Å². The van der Waals surface area contributed by atoms with E-state index in [9.17, 15) is 0 Å². The van der Waals surface area contributed by atoms with Crippen LogP contribution in [0.1, 0.15) is 35.7 Å². The predicted octanol–water partition coefficient (Wildman–Crippen LogP) is 6.69. The Labute approximate surface area is 203 Å². The highest BCUT2D eigenvalue weighted by Crippen LogP contribution is 2.28. The second kappa shape index (κ2) is 10.4. The van der Waals surface area contributed by atoms with Gasteiger partial charge in [-0.2, -0.15) is 0 Å². The van der Waals surface area contributed by atoms with Crippen LogP contribution in [0.4, 0.5) is 22.7 Å². The van der Waals surface area contributed by atoms with Gasteiger partial charge in [0.15, 0.2) is 0 Å². The van der Waals surface area contributed by atoms with E-state index in [1.54, 1.807) is 0 Å². The first kappa shape index (κ1) is 23.3. The number of nitrogens with one attached hydrogen (secondary N) is 2. The van der Waals surface area contributed by atoms with Gasteiger partial charge in [-0.05, 0) is 86.0 Å². The molecule has 2 aromatic carbocycles. The maximum absolute atomic E-state index is 4.95. The molecule has 1 aliphatic rings. The van der Waals surface area contributed by atoms with Gasteiger partial charge in [-0.1, -0.05) is 18.7 Å². The minimum Gasteiger partial charge on any atom is -0.388 e. The van der Waals surface area contributed by atoms with Crippen molar-refractivity contribution in [2.24, 2.45) is 4.99 Å². The van der Waals surface area contributed by atoms with Crippen LogP contribution in [-0.2, 0) is 6.54 Å². The lowest BCUT2D eigenvalue weighted by atomic mass is 10.00. The zero-order chi connectivity index (χ0) is 24.1. The van der Waals surface area contributed by atoms with Gasteiger partial charge >= 0.3 is 0 Å². The maximum Gasteiger partial charge on any atom is 0.0639 e. The average Bonchev–Trinajstić information content (AvgIpc) is 2.79. The van der Waals surface area contributed by atoms with Crippen LogP contribution >= 0.6 is 0 Å². The normalized spacial score (nSPS) is 14.4. The Morgan fingerprint density at radius 1 is 1.12 bits per heavy atom. The summed E-state index contributed by atoms with van der Waals surface area (Å²) in [5.74, 6) is 0. The van der Waals surface area contributed by atoms with Gasteiger partial charge in [0.2, 0.25) is 0 Å². The van der Waals surface area contributed by atoms with Crippen molar-refractivity contribution in [3.05, 3.63) is 95.5 Å². The van der Waals surface area contributed by atoms with E-state index in [0.29, 0.717) is 0 Å². The van der Waals surface area contributed by atoms with E-state index in [2.05, 4.69) is 90.5 Å². The molecule has 2 N–H and O–H groups in total. The van der Waals surface area contributed by atoms with Crippen molar-refractivity contribution in [3.8, 4) is 0 Å². The van der Waals surface area contributed by atoms with Crippen molar-refractivity contribution >= 4 is 34.5 Å². The van der Waals surface area contributed by atoms with Gasteiger partial charge < -0.3 is 15.5 Å². The summed E-state index contributed by atoms with van der Waals surface area (Å²) in [6.07, 6.45) is 6.85. The molecule has 5 heteroatoms. The highest BCUT2D eigenvalue weighted by atomic mass is 15.1. The molecular formula is C29H33N5. The molecule has 0 spiro atoms. The third kappa shape index (κ3) is 5.73. The predicted molar refractivity (Wildman–Crippen MR) is 146 cm³/mol. The van der Waals surface area contributed by atoms with E-state index in [4.69, 9.17) is 4.99 Å². The SMILES string of the molecule is C=Cc1c(C)cc(N=C2C=C(C)NCC2)cc1CN(C)c1cccc(Nc2ccnc(C)c2)c1. The number of rotatable bonds is 7. The first-order valence-corrected chi connectivity index (χ1v) is 11.7. The summed E-state index contributed by atoms with van der Waals surface area (Å²) in [5, 5.41) is 6.84. The fourth-order valence-electron chi connectivity index (χ4n) is 4.31. The minimum absolute atomic E-state index is 0.759. The second-order valence-electron chi connectivity index (χ2n) is 8.86. The minimum atomic E-state index is 0.759. The Morgan fingerprint density at radius 3 is 2.71 bits per heavy atom. The average molecular weight is 452 g/mol. The molecule has 5 nitrogen and oxygen atoms in total. The van der Waals surface area contributed by atoms with Crippen molar-refractivity contribution in [3.63, 3.8) is 0 Å². The highest BCUT2D eigenvalue weighted by molar-refractivity contribution is 5.98. The molecule has 0 bridgehead atoms. The van der Waals surface area contributed by atoms with Gasteiger partial charge in [0.25, 0.3) is 0 Å². The number of allylic oxidation sites excluding steroid dienone is 2. The van der Waals surface area contributed by atoms with E-state index in [0.717, 1.165) is 53.7 Å². The lowest BCUT2D eigenvalue weighted by molar-refractivity contribution is 0.802. The quantitative estimate of drug-likeness (QED) is 0.420. The number of anilines is 3. The van der Waals surface area contributed by atoms with Crippen LogP contribution in [0.15, 0.2) is 78.1 Å². The molecular weight excluding hydrogens is 418 g/mol. The molecule has 0 fully saturated rings. The Hall–Kier alpha value is -3.86. The van der Waals surface area contributed by atoms with Crippen molar-refractivity contribution in [2.45, 2.75) is 33.7 Å². The van der Waals surface area contributed by atoms with Crippen LogP contribution in [0.2, 0.25) is 0 Å². The molecule has 0 saturated heterocycles. The van der Waals surface area contributed by atoms with Gasteiger partial charge in [0.1, 0.15) is 0 Å². The molecule has 2 heterocycles. The van der Waals surface area contributed by atoms with Crippen molar-refractivity contribution in [1.29, 1.82) is 0 Å². The van der Waals surface area contributed by atoms with E-state index in [1.165, 1.54) is 22.4 Å². The molecule has 0 saturated carbocycles. The van der Waals surface area contributed by atoms with Crippen LogP contribution in [0.5, 0.6) is 0 Å². The van der Waals surface area contributed by atoms with E-state index >= 15 is 0 Å². The maximum atomic E-state index is 4.95. The summed E-state index contributed by atoms with van der Waals surface area (Å²) in [4.78, 5) is 11.5. The summed E-state index contributed by atoms with van der Waals surface area (Å²) < 4.78 is 0. The largest absolute Gasteiger partial charge is 0.388 e. The van der Waals surface area contributed by atoms with Gasteiger partial charge in [0.05, 0.1) is 5.69 Å². The lowest BCUT2D eigenvalue weighted by Gasteiger charge is -2.23. The van der Waals surface area contributed by atoms with E-state index < -0.39 is 0 Å². The Morgan fingerprint density at radius 2 is 1.94 bits per heavy atom. The number of aryl methyl sites for hydroxylation is 2. The van der Waals surface area contributed by atoms with Gasteiger partial charge in [0, 0.05) is 66.9 Å². The van der Waals surface area contributed by atoms with Gasteiger partial charge in [-0.3, -0.25) is 9.98 Å². The van der Waals surface area contributed by atoms with Gasteiger partial charge in [-0.15, -0.1) is 0 Å². The van der Waals surface area contributed by atoms with Crippen LogP contribution in [-0.4, -0.2) is 24.3 Å². The monoisotopic (exact) mass is 451 g/mol. The highest BCUT2D eigenvalue weighted by Gasteiger charge is 2.11. The fraction of sp³-hybridized carbons (Fsp3) is 0.241. The first-order valence-electron chi connectivity index (χ1n) is 11.7. The summed E-state index contributed by atoms with van der Waals surface area (Å²) in [5.41, 5.74) is 11.1. The smallest absolute Gasteiger partial charge is 0.0639 e. The zero-order valence-corrected chi connectivity index (χ0v) is 20.5. The lowest BCUT2D eigenvalue weighted by Crippen LogP contribution is -2.21. The molecule has 0 amide bonds. The van der Waals surface area contributed by atoms with Crippen molar-refractivity contribution in [2.75, 3.05) is 23.8 Å². The zero-order valence-electron chi connectivity index (χ0n) is 20.5. The molecule has 0 aliphatic carbocycles.